The number of ether oxygens (including phenoxy) is 1. The molecule has 0 unspecified atom stereocenters. The van der Waals surface area contributed by atoms with Crippen LogP contribution in [0, 0.1) is 5.92 Å². The highest BCUT2D eigenvalue weighted by molar-refractivity contribution is 7.91. The number of benzene rings is 1. The highest BCUT2D eigenvalue weighted by Crippen LogP contribution is 2.35. The van der Waals surface area contributed by atoms with Gasteiger partial charge in [0.2, 0.25) is 5.91 Å². The van der Waals surface area contributed by atoms with E-state index >= 15 is 0 Å². The highest BCUT2D eigenvalue weighted by atomic mass is 35.5. The molecule has 3 heterocycles. The van der Waals surface area contributed by atoms with Gasteiger partial charge in [-0.3, -0.25) is 9.69 Å². The number of nitrogens with zero attached hydrogens (tertiary/aromatic N) is 2. The maximum atomic E-state index is 13.2. The van der Waals surface area contributed by atoms with Crippen LogP contribution in [-0.4, -0.2) is 50.1 Å². The Hall–Kier alpha value is -1.19. The first kappa shape index (κ1) is 21.1. The fraction of sp³-hybridized carbons (Fsp3) is 0.474. The first-order chi connectivity index (χ1) is 13.8. The second-order valence-corrected chi connectivity index (χ2v) is 11.2. The topological polar surface area (TPSA) is 76.6 Å². The van der Waals surface area contributed by atoms with Crippen molar-refractivity contribution in [3.8, 4) is 11.3 Å². The van der Waals surface area contributed by atoms with Gasteiger partial charge in [-0.2, -0.15) is 0 Å². The number of sulfone groups is 1. The van der Waals surface area contributed by atoms with E-state index in [1.54, 1.807) is 23.1 Å². The third-order valence-corrected chi connectivity index (χ3v) is 8.37. The third kappa shape index (κ3) is 4.77. The summed E-state index contributed by atoms with van der Waals surface area (Å²) < 4.78 is 29.4. The zero-order valence-electron chi connectivity index (χ0n) is 15.5. The molecule has 0 N–H and O–H groups in total. The summed E-state index contributed by atoms with van der Waals surface area (Å²) in [6.07, 6.45) is 2.11. The fourth-order valence-corrected chi connectivity index (χ4v) is 6.75. The first-order valence-electron chi connectivity index (χ1n) is 9.37. The summed E-state index contributed by atoms with van der Waals surface area (Å²) in [4.78, 5) is 19.4. The van der Waals surface area contributed by atoms with Gasteiger partial charge in [-0.05, 0) is 37.5 Å². The van der Waals surface area contributed by atoms with Crippen LogP contribution in [-0.2, 0) is 19.4 Å². The standard InChI is InChI=1S/C19H20Cl2N2O4S2/c20-13-3-4-15(16(21)8-13)17-10-28-19(22-17)23(9-14-2-1-6-27-14)18(24)12-5-7-29(25,26)11-12/h3-4,8,10,12,14H,1-2,5-7,9,11H2/t12-,14+/m0/s1. The van der Waals surface area contributed by atoms with E-state index in [2.05, 4.69) is 4.98 Å². The fourth-order valence-electron chi connectivity index (χ4n) is 3.67. The molecule has 2 aliphatic heterocycles. The Morgan fingerprint density at radius 2 is 2.14 bits per heavy atom. The molecular formula is C19H20Cl2N2O4S2. The molecule has 2 aromatic rings. The van der Waals surface area contributed by atoms with E-state index in [4.69, 9.17) is 27.9 Å². The van der Waals surface area contributed by atoms with Crippen molar-refractivity contribution in [2.45, 2.75) is 25.4 Å². The molecule has 0 saturated carbocycles. The van der Waals surface area contributed by atoms with Crippen LogP contribution >= 0.6 is 34.5 Å². The van der Waals surface area contributed by atoms with Gasteiger partial charge in [0.05, 0.1) is 40.8 Å². The van der Waals surface area contributed by atoms with Crippen molar-refractivity contribution in [1.82, 2.24) is 4.98 Å². The van der Waals surface area contributed by atoms with Gasteiger partial charge in [-0.25, -0.2) is 13.4 Å². The number of amides is 1. The summed E-state index contributed by atoms with van der Waals surface area (Å²) in [5.74, 6) is -0.784. The molecule has 0 spiro atoms. The summed E-state index contributed by atoms with van der Waals surface area (Å²) in [7, 11) is -3.16. The van der Waals surface area contributed by atoms with Crippen LogP contribution < -0.4 is 4.90 Å². The van der Waals surface area contributed by atoms with Crippen molar-refractivity contribution < 1.29 is 17.9 Å². The summed E-state index contributed by atoms with van der Waals surface area (Å²) in [6.45, 7) is 1.05. The molecule has 2 atom stereocenters. The van der Waals surface area contributed by atoms with Crippen molar-refractivity contribution in [1.29, 1.82) is 0 Å². The van der Waals surface area contributed by atoms with Crippen LogP contribution in [0.25, 0.3) is 11.3 Å². The number of halogens is 2. The third-order valence-electron chi connectivity index (χ3n) is 5.19. The molecule has 1 aromatic carbocycles. The SMILES string of the molecule is O=C([C@H]1CCS(=O)(=O)C1)N(C[C@H]1CCCO1)c1nc(-c2ccc(Cl)cc2Cl)cs1. The second-order valence-electron chi connectivity index (χ2n) is 7.32. The average Bonchev–Trinajstić information content (AvgIpc) is 3.40. The van der Waals surface area contributed by atoms with Gasteiger partial charge >= 0.3 is 0 Å². The minimum absolute atomic E-state index is 0.0562. The molecule has 10 heteroatoms. The van der Waals surface area contributed by atoms with Crippen LogP contribution in [0.4, 0.5) is 5.13 Å². The van der Waals surface area contributed by atoms with Gasteiger partial charge in [0.25, 0.3) is 0 Å². The van der Waals surface area contributed by atoms with Crippen molar-refractivity contribution >= 4 is 55.4 Å². The molecule has 2 saturated heterocycles. The van der Waals surface area contributed by atoms with Crippen LogP contribution in [0.2, 0.25) is 10.0 Å². The monoisotopic (exact) mass is 474 g/mol. The molecule has 156 valence electrons. The molecule has 2 fully saturated rings. The Morgan fingerprint density at radius 1 is 1.31 bits per heavy atom. The van der Waals surface area contributed by atoms with Crippen LogP contribution in [0.15, 0.2) is 23.6 Å². The van der Waals surface area contributed by atoms with Gasteiger partial charge in [0, 0.05) is 22.6 Å². The van der Waals surface area contributed by atoms with Gasteiger partial charge in [-0.1, -0.05) is 23.2 Å². The Morgan fingerprint density at radius 3 is 2.79 bits per heavy atom. The van der Waals surface area contributed by atoms with Crippen molar-refractivity contribution in [3.05, 3.63) is 33.6 Å². The van der Waals surface area contributed by atoms with Crippen LogP contribution in [0.1, 0.15) is 19.3 Å². The number of hydrogen-bond donors (Lipinski definition) is 0. The first-order valence-corrected chi connectivity index (χ1v) is 12.8. The number of anilines is 1. The molecular weight excluding hydrogens is 455 g/mol. The maximum Gasteiger partial charge on any atom is 0.233 e. The maximum absolute atomic E-state index is 13.2. The highest BCUT2D eigenvalue weighted by Gasteiger charge is 2.37. The van der Waals surface area contributed by atoms with E-state index in [-0.39, 0.29) is 23.5 Å². The lowest BCUT2D eigenvalue weighted by atomic mass is 10.1. The van der Waals surface area contributed by atoms with E-state index in [9.17, 15) is 13.2 Å². The van der Waals surface area contributed by atoms with Crippen LogP contribution in [0.5, 0.6) is 0 Å². The summed E-state index contributed by atoms with van der Waals surface area (Å²) in [6, 6.07) is 5.18. The molecule has 6 nitrogen and oxygen atoms in total. The Balaban J connectivity index is 1.62. The molecule has 1 amide bonds. The number of hydrogen-bond acceptors (Lipinski definition) is 6. The lowest BCUT2D eigenvalue weighted by Gasteiger charge is -2.25. The van der Waals surface area contributed by atoms with E-state index in [1.807, 2.05) is 5.38 Å². The lowest BCUT2D eigenvalue weighted by Crippen LogP contribution is -2.41. The molecule has 4 rings (SSSR count). The number of aromatic nitrogens is 1. The Bertz CT molecular complexity index is 1020. The van der Waals surface area contributed by atoms with E-state index < -0.39 is 15.8 Å². The number of thiazole rings is 1. The van der Waals surface area contributed by atoms with Crippen molar-refractivity contribution in [3.63, 3.8) is 0 Å². The Kier molecular flexibility index (Phi) is 6.18. The lowest BCUT2D eigenvalue weighted by molar-refractivity contribution is -0.122. The average molecular weight is 475 g/mol. The molecule has 0 bridgehead atoms. The predicted molar refractivity (Wildman–Crippen MR) is 116 cm³/mol. The van der Waals surface area contributed by atoms with Gasteiger partial charge in [0.1, 0.15) is 0 Å². The molecule has 1 aromatic heterocycles. The van der Waals surface area contributed by atoms with Gasteiger partial charge < -0.3 is 4.74 Å². The zero-order valence-corrected chi connectivity index (χ0v) is 18.7. The number of rotatable bonds is 5. The Labute approximate surface area is 183 Å². The minimum Gasteiger partial charge on any atom is -0.376 e. The number of carbonyl (C=O) groups is 1. The predicted octanol–water partition coefficient (Wildman–Crippen LogP) is 4.06. The molecule has 0 aliphatic carbocycles. The van der Waals surface area contributed by atoms with Crippen molar-refractivity contribution in [2.24, 2.45) is 5.92 Å². The second kappa shape index (κ2) is 8.51. The number of carbonyl (C=O) groups excluding carboxylic acids is 1. The summed E-state index contributed by atoms with van der Waals surface area (Å²) in [5.41, 5.74) is 1.38. The van der Waals surface area contributed by atoms with E-state index in [0.717, 1.165) is 18.4 Å². The van der Waals surface area contributed by atoms with Crippen LogP contribution in [0.3, 0.4) is 0 Å². The van der Waals surface area contributed by atoms with E-state index in [0.29, 0.717) is 40.4 Å². The van der Waals surface area contributed by atoms with E-state index in [1.165, 1.54) is 11.3 Å². The quantitative estimate of drug-likeness (QED) is 0.652. The zero-order chi connectivity index (χ0) is 20.6. The minimum atomic E-state index is -3.16. The van der Waals surface area contributed by atoms with Crippen molar-refractivity contribution in [2.75, 3.05) is 29.6 Å². The normalized spacial score (nSPS) is 23.4. The summed E-state index contributed by atoms with van der Waals surface area (Å²) >= 11 is 13.6. The van der Waals surface area contributed by atoms with Gasteiger partial charge in [-0.15, -0.1) is 11.3 Å². The largest absolute Gasteiger partial charge is 0.376 e. The summed E-state index contributed by atoms with van der Waals surface area (Å²) in [5, 5.41) is 3.38. The molecule has 2 aliphatic rings. The molecule has 29 heavy (non-hydrogen) atoms. The van der Waals surface area contributed by atoms with Gasteiger partial charge in [0.15, 0.2) is 15.0 Å². The smallest absolute Gasteiger partial charge is 0.233 e. The molecule has 0 radical (unpaired) electrons.